The van der Waals surface area contributed by atoms with Crippen LogP contribution in [0.2, 0.25) is 0 Å². The molecular weight excluding hydrogens is 252 g/mol. The average Bonchev–Trinajstić information content (AvgIpc) is 2.48. The van der Waals surface area contributed by atoms with Gasteiger partial charge in [-0.25, -0.2) is 0 Å². The highest BCUT2D eigenvalue weighted by molar-refractivity contribution is 5.14. The second-order valence-corrected chi connectivity index (χ2v) is 5.66. The molecule has 1 aliphatic rings. The number of hydrogen-bond donors (Lipinski definition) is 2. The van der Waals surface area contributed by atoms with Gasteiger partial charge in [-0.15, -0.1) is 0 Å². The smallest absolute Gasteiger partial charge is 0.0915 e. The lowest BCUT2D eigenvalue weighted by molar-refractivity contribution is -0.125. The zero-order valence-electron chi connectivity index (χ0n) is 12.7. The first kappa shape index (κ1) is 15.4. The summed E-state index contributed by atoms with van der Waals surface area (Å²) in [6.45, 7) is 5.03. The van der Waals surface area contributed by atoms with Gasteiger partial charge in [0.25, 0.3) is 0 Å². The Labute approximate surface area is 121 Å². The Balaban J connectivity index is 1.91. The van der Waals surface area contributed by atoms with E-state index in [0.717, 1.165) is 24.8 Å². The highest BCUT2D eigenvalue weighted by Gasteiger charge is 2.52. The van der Waals surface area contributed by atoms with Crippen LogP contribution < -0.4 is 5.32 Å². The van der Waals surface area contributed by atoms with Crippen molar-refractivity contribution >= 4 is 0 Å². The van der Waals surface area contributed by atoms with Gasteiger partial charge in [-0.2, -0.15) is 0 Å². The second kappa shape index (κ2) is 6.66. The molecule has 0 radical (unpaired) electrons. The molecule has 0 aliphatic heterocycles. The van der Waals surface area contributed by atoms with Crippen LogP contribution in [0.5, 0.6) is 0 Å². The van der Waals surface area contributed by atoms with Crippen LogP contribution in [0.15, 0.2) is 24.5 Å². The van der Waals surface area contributed by atoms with Crippen LogP contribution in [0.1, 0.15) is 44.8 Å². The number of hydrogen-bond acceptors (Lipinski definition) is 4. The Morgan fingerprint density at radius 1 is 1.40 bits per heavy atom. The molecule has 112 valence electrons. The normalized spacial score (nSPS) is 26.0. The quantitative estimate of drug-likeness (QED) is 0.803. The minimum atomic E-state index is -0.481. The van der Waals surface area contributed by atoms with Gasteiger partial charge >= 0.3 is 0 Å². The number of aromatic nitrogens is 1. The Morgan fingerprint density at radius 2 is 2.05 bits per heavy atom. The van der Waals surface area contributed by atoms with Crippen LogP contribution in [0.4, 0.5) is 0 Å². The van der Waals surface area contributed by atoms with E-state index in [9.17, 15) is 5.11 Å². The standard InChI is InChI=1S/C16H26N2O2/c1-4-16(5-2)14(10-15(16)20-3)18-11-13(19)12-6-8-17-9-7-12/h6-9,13-15,18-19H,4-5,10-11H2,1-3H3. The minimum absolute atomic E-state index is 0.215. The highest BCUT2D eigenvalue weighted by atomic mass is 16.5. The zero-order valence-corrected chi connectivity index (χ0v) is 12.7. The SMILES string of the molecule is CCC1(CC)C(NCC(O)c2ccncc2)CC1OC. The molecule has 4 nitrogen and oxygen atoms in total. The minimum Gasteiger partial charge on any atom is -0.387 e. The van der Waals surface area contributed by atoms with Crippen LogP contribution in [-0.4, -0.2) is 35.9 Å². The molecule has 3 unspecified atom stereocenters. The van der Waals surface area contributed by atoms with Crippen molar-refractivity contribution in [2.75, 3.05) is 13.7 Å². The molecule has 1 aliphatic carbocycles. The lowest BCUT2D eigenvalue weighted by Gasteiger charge is -2.55. The van der Waals surface area contributed by atoms with Gasteiger partial charge in [0, 0.05) is 37.5 Å². The van der Waals surface area contributed by atoms with Crippen LogP contribution in [0, 0.1) is 5.41 Å². The molecular formula is C16H26N2O2. The Morgan fingerprint density at radius 3 is 2.60 bits per heavy atom. The Bertz CT molecular complexity index is 406. The van der Waals surface area contributed by atoms with Gasteiger partial charge in [0.15, 0.2) is 0 Å². The summed E-state index contributed by atoms with van der Waals surface area (Å²) in [5, 5.41) is 13.7. The largest absolute Gasteiger partial charge is 0.387 e. The fourth-order valence-corrected chi connectivity index (χ4v) is 3.52. The number of aliphatic hydroxyl groups excluding tert-OH is 1. The lowest BCUT2D eigenvalue weighted by atomic mass is 9.58. The van der Waals surface area contributed by atoms with Gasteiger partial charge in [0.1, 0.15) is 0 Å². The van der Waals surface area contributed by atoms with E-state index in [1.807, 2.05) is 12.1 Å². The fraction of sp³-hybridized carbons (Fsp3) is 0.688. The van der Waals surface area contributed by atoms with Crippen molar-refractivity contribution in [3.8, 4) is 0 Å². The van der Waals surface area contributed by atoms with Crippen molar-refractivity contribution in [2.24, 2.45) is 5.41 Å². The van der Waals surface area contributed by atoms with Gasteiger partial charge < -0.3 is 15.2 Å². The van der Waals surface area contributed by atoms with Crippen molar-refractivity contribution in [2.45, 2.75) is 51.4 Å². The van der Waals surface area contributed by atoms with Crippen LogP contribution in [-0.2, 0) is 4.74 Å². The van der Waals surface area contributed by atoms with E-state index in [0.29, 0.717) is 18.7 Å². The van der Waals surface area contributed by atoms with E-state index < -0.39 is 6.10 Å². The number of ether oxygens (including phenoxy) is 1. The summed E-state index contributed by atoms with van der Waals surface area (Å²) in [4.78, 5) is 3.97. The van der Waals surface area contributed by atoms with Crippen LogP contribution >= 0.6 is 0 Å². The van der Waals surface area contributed by atoms with Crippen molar-refractivity contribution < 1.29 is 9.84 Å². The summed E-state index contributed by atoms with van der Waals surface area (Å²) in [6, 6.07) is 4.15. The van der Waals surface area contributed by atoms with Crippen LogP contribution in [0.3, 0.4) is 0 Å². The molecule has 1 aromatic rings. The third-order valence-corrected chi connectivity index (χ3v) is 5.03. The summed E-state index contributed by atoms with van der Waals surface area (Å²) >= 11 is 0. The number of methoxy groups -OCH3 is 1. The molecule has 0 aromatic carbocycles. The van der Waals surface area contributed by atoms with Gasteiger partial charge in [0.2, 0.25) is 0 Å². The molecule has 0 saturated heterocycles. The molecule has 2 N–H and O–H groups in total. The third-order valence-electron chi connectivity index (χ3n) is 5.03. The van der Waals surface area contributed by atoms with Crippen molar-refractivity contribution in [3.05, 3.63) is 30.1 Å². The molecule has 0 bridgehead atoms. The predicted molar refractivity (Wildman–Crippen MR) is 79.4 cm³/mol. The van der Waals surface area contributed by atoms with E-state index >= 15 is 0 Å². The molecule has 1 fully saturated rings. The first-order valence-electron chi connectivity index (χ1n) is 7.52. The van der Waals surface area contributed by atoms with Gasteiger partial charge in [-0.3, -0.25) is 4.98 Å². The van der Waals surface area contributed by atoms with Gasteiger partial charge in [-0.1, -0.05) is 13.8 Å². The monoisotopic (exact) mass is 278 g/mol. The molecule has 0 spiro atoms. The molecule has 3 atom stereocenters. The molecule has 0 amide bonds. The predicted octanol–water partition coefficient (Wildman–Crippen LogP) is 2.30. The number of aliphatic hydroxyl groups is 1. The van der Waals surface area contributed by atoms with Crippen molar-refractivity contribution in [1.29, 1.82) is 0 Å². The number of nitrogens with one attached hydrogen (secondary N) is 1. The summed E-state index contributed by atoms with van der Waals surface area (Å²) in [7, 11) is 1.80. The first-order valence-corrected chi connectivity index (χ1v) is 7.52. The topological polar surface area (TPSA) is 54.4 Å². The summed E-state index contributed by atoms with van der Waals surface area (Å²) in [5.41, 5.74) is 1.13. The number of nitrogens with zero attached hydrogens (tertiary/aromatic N) is 1. The maximum absolute atomic E-state index is 10.2. The average molecular weight is 278 g/mol. The Hall–Kier alpha value is -0.970. The van der Waals surface area contributed by atoms with Crippen molar-refractivity contribution in [3.63, 3.8) is 0 Å². The zero-order chi connectivity index (χ0) is 14.6. The Kier molecular flexibility index (Phi) is 5.13. The molecule has 1 saturated carbocycles. The van der Waals surface area contributed by atoms with E-state index in [-0.39, 0.29) is 5.41 Å². The van der Waals surface area contributed by atoms with Crippen molar-refractivity contribution in [1.82, 2.24) is 10.3 Å². The maximum atomic E-state index is 10.2. The van der Waals surface area contributed by atoms with E-state index in [4.69, 9.17) is 4.74 Å². The first-order chi connectivity index (χ1) is 9.67. The molecule has 1 heterocycles. The highest BCUT2D eigenvalue weighted by Crippen LogP contribution is 2.48. The molecule has 1 aromatic heterocycles. The van der Waals surface area contributed by atoms with E-state index in [1.54, 1.807) is 19.5 Å². The number of rotatable bonds is 7. The van der Waals surface area contributed by atoms with Crippen LogP contribution in [0.25, 0.3) is 0 Å². The summed E-state index contributed by atoms with van der Waals surface area (Å²) < 4.78 is 5.59. The lowest BCUT2D eigenvalue weighted by Crippen LogP contribution is -2.63. The van der Waals surface area contributed by atoms with Gasteiger partial charge in [0.05, 0.1) is 12.2 Å². The molecule has 4 heteroatoms. The van der Waals surface area contributed by atoms with E-state index in [1.165, 1.54) is 0 Å². The molecule has 2 rings (SSSR count). The summed E-state index contributed by atoms with van der Waals surface area (Å²) in [6.07, 6.45) is 6.52. The molecule has 20 heavy (non-hydrogen) atoms. The van der Waals surface area contributed by atoms with Gasteiger partial charge in [-0.05, 0) is 37.0 Å². The van der Waals surface area contributed by atoms with E-state index in [2.05, 4.69) is 24.1 Å². The number of pyridine rings is 1. The second-order valence-electron chi connectivity index (χ2n) is 5.66. The fourth-order valence-electron chi connectivity index (χ4n) is 3.52. The third kappa shape index (κ3) is 2.73. The maximum Gasteiger partial charge on any atom is 0.0915 e. The summed E-state index contributed by atoms with van der Waals surface area (Å²) in [5.74, 6) is 0.